The number of unbranched alkanes of at least 4 members (excludes halogenated alkanes) is 2. The number of benzene rings is 1. The fourth-order valence-electron chi connectivity index (χ4n) is 7.15. The van der Waals surface area contributed by atoms with Gasteiger partial charge in [0.15, 0.2) is 0 Å². The normalized spacial score (nSPS) is 30.9. The lowest BCUT2D eigenvalue weighted by molar-refractivity contribution is 0.114. The molecule has 1 heteroatoms. The van der Waals surface area contributed by atoms with Gasteiger partial charge in [-0.1, -0.05) is 57.2 Å². The first kappa shape index (κ1) is 23.1. The molecule has 3 aliphatic carbocycles. The van der Waals surface area contributed by atoms with E-state index in [1.807, 2.05) is 6.07 Å². The smallest absolute Gasteiger partial charge is 0.126 e. The van der Waals surface area contributed by atoms with Crippen molar-refractivity contribution in [3.8, 4) is 0 Å². The van der Waals surface area contributed by atoms with Gasteiger partial charge in [-0.15, -0.1) is 0 Å². The molecule has 0 radical (unpaired) electrons. The molecule has 0 bridgehead atoms. The van der Waals surface area contributed by atoms with Gasteiger partial charge in [0, 0.05) is 0 Å². The molecule has 1 aromatic carbocycles. The average Bonchev–Trinajstić information content (AvgIpc) is 2.78. The summed E-state index contributed by atoms with van der Waals surface area (Å²) in [7, 11) is 0. The van der Waals surface area contributed by atoms with E-state index in [1.54, 1.807) is 0 Å². The lowest BCUT2D eigenvalue weighted by Gasteiger charge is -2.42. The molecule has 0 heterocycles. The minimum Gasteiger partial charge on any atom is -0.207 e. The van der Waals surface area contributed by atoms with E-state index in [4.69, 9.17) is 0 Å². The van der Waals surface area contributed by atoms with E-state index < -0.39 is 0 Å². The Morgan fingerprint density at radius 2 is 1.74 bits per heavy atom. The minimum absolute atomic E-state index is 0.108. The molecule has 0 aliphatic heterocycles. The lowest BCUT2D eigenvalue weighted by Crippen LogP contribution is -2.30. The molecule has 5 atom stereocenters. The van der Waals surface area contributed by atoms with E-state index in [1.165, 1.54) is 101 Å². The fourth-order valence-corrected chi connectivity index (χ4v) is 7.15. The number of aryl methyl sites for hydroxylation is 1. The molecule has 0 nitrogen and oxygen atoms in total. The van der Waals surface area contributed by atoms with Gasteiger partial charge in [0.2, 0.25) is 0 Å². The molecule has 1 aromatic rings. The van der Waals surface area contributed by atoms with Crippen molar-refractivity contribution >= 4 is 0 Å². The van der Waals surface area contributed by atoms with Gasteiger partial charge in [-0.3, -0.25) is 0 Å². The molecule has 0 amide bonds. The largest absolute Gasteiger partial charge is 0.207 e. The van der Waals surface area contributed by atoms with Crippen LogP contribution in [-0.4, -0.2) is 0 Å². The van der Waals surface area contributed by atoms with Crippen molar-refractivity contribution < 1.29 is 4.39 Å². The first-order chi connectivity index (χ1) is 15.2. The molecule has 2 fully saturated rings. The molecule has 0 spiro atoms. The van der Waals surface area contributed by atoms with Gasteiger partial charge in [-0.05, 0) is 123 Å². The second-order valence-electron chi connectivity index (χ2n) is 11.1. The van der Waals surface area contributed by atoms with Crippen molar-refractivity contribution in [3.05, 3.63) is 46.8 Å². The summed E-state index contributed by atoms with van der Waals surface area (Å²) in [5.74, 6) is 4.03. The summed E-state index contributed by atoms with van der Waals surface area (Å²) in [6, 6.07) is 4.25. The third kappa shape index (κ3) is 5.82. The zero-order valence-electron chi connectivity index (χ0n) is 20.2. The average molecular weight is 425 g/mol. The van der Waals surface area contributed by atoms with Gasteiger partial charge in [0.1, 0.15) is 5.82 Å². The molecule has 2 saturated carbocycles. The van der Waals surface area contributed by atoms with E-state index in [-0.39, 0.29) is 5.82 Å². The summed E-state index contributed by atoms with van der Waals surface area (Å²) < 4.78 is 15.2. The van der Waals surface area contributed by atoms with Crippen LogP contribution < -0.4 is 0 Å². The Bertz CT molecular complexity index is 732. The maximum atomic E-state index is 15.2. The van der Waals surface area contributed by atoms with E-state index >= 15 is 4.39 Å². The Hall–Kier alpha value is -1.11. The first-order valence-corrected chi connectivity index (χ1v) is 13.6. The second kappa shape index (κ2) is 11.2. The summed E-state index contributed by atoms with van der Waals surface area (Å²) in [6.45, 7) is 4.40. The summed E-state index contributed by atoms with van der Waals surface area (Å²) in [5, 5.41) is 0. The van der Waals surface area contributed by atoms with Crippen LogP contribution in [0.2, 0.25) is 0 Å². The molecule has 172 valence electrons. The molecular formula is C30H45F. The lowest BCUT2D eigenvalue weighted by atomic mass is 9.63. The maximum absolute atomic E-state index is 15.2. The van der Waals surface area contributed by atoms with Crippen LogP contribution in [-0.2, 0) is 12.8 Å². The highest BCUT2D eigenvalue weighted by atomic mass is 19.1. The molecule has 0 saturated heterocycles. The van der Waals surface area contributed by atoms with Crippen molar-refractivity contribution in [3.63, 3.8) is 0 Å². The highest BCUT2D eigenvalue weighted by molar-refractivity contribution is 5.37. The van der Waals surface area contributed by atoms with Crippen LogP contribution in [0.4, 0.5) is 4.39 Å². The van der Waals surface area contributed by atoms with Crippen molar-refractivity contribution in [2.75, 3.05) is 0 Å². The van der Waals surface area contributed by atoms with Crippen molar-refractivity contribution in [2.45, 2.75) is 116 Å². The Balaban J connectivity index is 1.35. The Kier molecular flexibility index (Phi) is 8.30. The number of hydrogen-bond acceptors (Lipinski definition) is 0. The molecule has 31 heavy (non-hydrogen) atoms. The van der Waals surface area contributed by atoms with E-state index in [0.717, 1.165) is 35.7 Å². The van der Waals surface area contributed by atoms with Crippen LogP contribution in [0.1, 0.15) is 120 Å². The topological polar surface area (TPSA) is 0 Å². The fraction of sp³-hybridized carbons (Fsp3) is 0.733. The Morgan fingerprint density at radius 1 is 0.903 bits per heavy atom. The first-order valence-electron chi connectivity index (χ1n) is 13.6. The highest BCUT2D eigenvalue weighted by Crippen LogP contribution is 2.49. The van der Waals surface area contributed by atoms with E-state index in [0.29, 0.717) is 5.92 Å². The standard InChI is InChI=1S/C30H45F/c1-3-5-7-9-22-11-13-25-19-27(16-15-24(25)17-22)29-20-26-14-12-23(10-8-6-4-2)18-28(26)21-30(29)31/h3,5,20-25,27H,4,6-19H2,1-2H3/b5-3+. The molecular weight excluding hydrogens is 379 g/mol. The highest BCUT2D eigenvalue weighted by Gasteiger charge is 2.36. The third-order valence-corrected chi connectivity index (χ3v) is 9.00. The molecule has 5 unspecified atom stereocenters. The van der Waals surface area contributed by atoms with Gasteiger partial charge < -0.3 is 0 Å². The number of fused-ring (bicyclic) bond motifs is 2. The summed E-state index contributed by atoms with van der Waals surface area (Å²) in [6.07, 6.45) is 24.0. The Morgan fingerprint density at radius 3 is 2.58 bits per heavy atom. The number of hydrogen-bond donors (Lipinski definition) is 0. The van der Waals surface area contributed by atoms with Gasteiger partial charge in [0.25, 0.3) is 0 Å². The molecule has 0 aromatic heterocycles. The molecule has 3 aliphatic rings. The van der Waals surface area contributed by atoms with Crippen molar-refractivity contribution in [2.24, 2.45) is 23.7 Å². The van der Waals surface area contributed by atoms with Crippen LogP contribution in [0.5, 0.6) is 0 Å². The second-order valence-corrected chi connectivity index (χ2v) is 11.1. The number of allylic oxidation sites excluding steroid dienone is 2. The minimum atomic E-state index is 0.108. The van der Waals surface area contributed by atoms with Gasteiger partial charge in [0.05, 0.1) is 0 Å². The van der Waals surface area contributed by atoms with Gasteiger partial charge in [-0.2, -0.15) is 0 Å². The molecule has 4 rings (SSSR count). The quantitative estimate of drug-likeness (QED) is 0.288. The zero-order chi connectivity index (χ0) is 21.6. The van der Waals surface area contributed by atoms with Crippen molar-refractivity contribution in [1.29, 1.82) is 0 Å². The number of rotatable bonds is 8. The van der Waals surface area contributed by atoms with Gasteiger partial charge >= 0.3 is 0 Å². The zero-order valence-corrected chi connectivity index (χ0v) is 20.2. The SMILES string of the molecule is C/C=C/CCC1CCC2CC(c3cc4c(cc3F)CC(CCCCC)CC4)CCC2C1. The van der Waals surface area contributed by atoms with Crippen LogP contribution in [0.25, 0.3) is 0 Å². The predicted octanol–water partition coefficient (Wildman–Crippen LogP) is 9.17. The van der Waals surface area contributed by atoms with Crippen molar-refractivity contribution in [1.82, 2.24) is 0 Å². The van der Waals surface area contributed by atoms with E-state index in [2.05, 4.69) is 32.1 Å². The molecule has 0 N–H and O–H groups in total. The van der Waals surface area contributed by atoms with Crippen LogP contribution >= 0.6 is 0 Å². The summed E-state index contributed by atoms with van der Waals surface area (Å²) >= 11 is 0. The Labute approximate surface area is 191 Å². The summed E-state index contributed by atoms with van der Waals surface area (Å²) in [5.41, 5.74) is 3.86. The van der Waals surface area contributed by atoms with Crippen LogP contribution in [0, 0.1) is 29.5 Å². The predicted molar refractivity (Wildman–Crippen MR) is 131 cm³/mol. The van der Waals surface area contributed by atoms with E-state index in [9.17, 15) is 0 Å². The number of halogens is 1. The summed E-state index contributed by atoms with van der Waals surface area (Å²) in [4.78, 5) is 0. The monoisotopic (exact) mass is 424 g/mol. The van der Waals surface area contributed by atoms with Crippen LogP contribution in [0.3, 0.4) is 0 Å². The van der Waals surface area contributed by atoms with Crippen LogP contribution in [0.15, 0.2) is 24.3 Å². The third-order valence-electron chi connectivity index (χ3n) is 9.00. The maximum Gasteiger partial charge on any atom is 0.126 e. The van der Waals surface area contributed by atoms with Gasteiger partial charge in [-0.25, -0.2) is 4.39 Å².